The third-order valence-corrected chi connectivity index (χ3v) is 13.3. The summed E-state index contributed by atoms with van der Waals surface area (Å²) in [6, 6.07) is 20.4. The number of nitrogens with one attached hydrogen (secondary N) is 2. The maximum atomic E-state index is 9.03. The minimum atomic E-state index is -0.0112. The molecule has 0 saturated carbocycles. The molecule has 0 bridgehead atoms. The van der Waals surface area contributed by atoms with Crippen molar-refractivity contribution < 1.29 is 14.9 Å². The van der Waals surface area contributed by atoms with Gasteiger partial charge in [-0.3, -0.25) is 19.1 Å². The molecule has 0 aliphatic heterocycles. The van der Waals surface area contributed by atoms with E-state index >= 15 is 0 Å². The molecule has 0 aliphatic rings. The van der Waals surface area contributed by atoms with E-state index in [1.54, 1.807) is 73.9 Å². The zero-order valence-electron chi connectivity index (χ0n) is 45.2. The van der Waals surface area contributed by atoms with E-state index in [1.807, 2.05) is 50.0 Å². The molecule has 0 amide bonds. The summed E-state index contributed by atoms with van der Waals surface area (Å²) in [5.74, 6) is 0.917. The number of methoxy groups -OCH3 is 1. The van der Waals surface area contributed by atoms with Gasteiger partial charge in [0.15, 0.2) is 28.6 Å². The SMILES string of the molecule is COCc1ccc2ccc([C@@H](C)Nc3nc(-c4cnn(C)c4)cnc3N)cn12.N.OCCn1cc(-c2cnc3nnn(Cc4[nH]nc5ncccc45)c3n2)cn1.OCCn1cc(-c2cnc3nnn(Cc4ccc5cccn5c4)c3n2)cn1. The molecule has 1 atom stereocenters. The Hall–Kier alpha value is -10.8. The number of aromatic amines is 1. The maximum Gasteiger partial charge on any atom is 0.221 e. The van der Waals surface area contributed by atoms with Gasteiger partial charge in [0.05, 0.1) is 112 Å². The summed E-state index contributed by atoms with van der Waals surface area (Å²) in [6.45, 7) is 4.52. The maximum absolute atomic E-state index is 9.03. The van der Waals surface area contributed by atoms with E-state index in [1.165, 1.54) is 0 Å². The molecule has 29 nitrogen and oxygen atoms in total. The predicted molar refractivity (Wildman–Crippen MR) is 306 cm³/mol. The third-order valence-electron chi connectivity index (χ3n) is 13.3. The summed E-state index contributed by atoms with van der Waals surface area (Å²) < 4.78 is 18.0. The smallest absolute Gasteiger partial charge is 0.221 e. The number of ether oxygens (including phenoxy) is 1. The molecular formula is C54H56N26O3. The third kappa shape index (κ3) is 11.7. The number of aliphatic hydroxyl groups excluding tert-OH is 2. The van der Waals surface area contributed by atoms with Gasteiger partial charge in [-0.1, -0.05) is 22.6 Å². The van der Waals surface area contributed by atoms with Gasteiger partial charge in [0, 0.05) is 96.3 Å². The molecule has 420 valence electrons. The van der Waals surface area contributed by atoms with Crippen LogP contribution in [0.3, 0.4) is 0 Å². The number of pyridine rings is 3. The Morgan fingerprint density at radius 3 is 2.00 bits per heavy atom. The van der Waals surface area contributed by atoms with Gasteiger partial charge in [0.25, 0.3) is 0 Å². The largest absolute Gasteiger partial charge is 0.394 e. The summed E-state index contributed by atoms with van der Waals surface area (Å²) in [5.41, 5.74) is 19.9. The second-order valence-electron chi connectivity index (χ2n) is 19.0. The van der Waals surface area contributed by atoms with Crippen molar-refractivity contribution in [1.29, 1.82) is 0 Å². The first-order chi connectivity index (χ1) is 40.2. The van der Waals surface area contributed by atoms with Crippen molar-refractivity contribution in [2.24, 2.45) is 7.05 Å². The van der Waals surface area contributed by atoms with Crippen molar-refractivity contribution in [3.63, 3.8) is 0 Å². The number of aromatic nitrogens is 23. The number of nitrogens with two attached hydrogens (primary N) is 1. The summed E-state index contributed by atoms with van der Waals surface area (Å²) in [4.78, 5) is 31.2. The second kappa shape index (κ2) is 23.9. The molecule has 0 spiro atoms. The van der Waals surface area contributed by atoms with Crippen LogP contribution in [0.4, 0.5) is 11.6 Å². The Morgan fingerprint density at radius 1 is 0.663 bits per heavy atom. The molecule has 9 N–H and O–H groups in total. The second-order valence-corrected chi connectivity index (χ2v) is 19.0. The molecule has 29 heteroatoms. The standard InChI is InChI=1S/C20H23N7O.C18H16N8O.C16H14N10O.H3N/c1-13(14-4-5-16-6-7-17(12-28-3)27(16)11-14)24-20-19(21)22-9-18(25-20)15-8-23-26(2)10-15;27-7-6-25-12-14(8-20-25)16-9-19-17-18(21-16)26(23-22-17)11-13-3-4-15-2-1-5-24(15)10-13;27-5-4-25-8-10(6-19-25)12-7-18-15-16(20-12)26(24-23-15)9-13-11-2-1-3-17-14(11)22-21-13;/h4-11,13H,12H2,1-3H3,(H2,21,22)(H,24,25);1-5,8-10,12,27H,6-7,11H2;1-3,6-8,27H,4-5,9H2,(H,17,21,22);1H3/t13-;;;/m1.../s1. The van der Waals surface area contributed by atoms with Crippen LogP contribution >= 0.6 is 0 Å². The molecule has 0 aromatic carbocycles. The molecule has 14 aromatic heterocycles. The first kappa shape index (κ1) is 54.2. The van der Waals surface area contributed by atoms with Crippen LogP contribution in [0.5, 0.6) is 0 Å². The molecule has 0 saturated heterocycles. The van der Waals surface area contributed by atoms with Gasteiger partial charge in [-0.15, -0.1) is 10.2 Å². The van der Waals surface area contributed by atoms with E-state index in [2.05, 4.69) is 157 Å². The molecule has 14 aromatic rings. The number of aryl methyl sites for hydroxylation is 1. The van der Waals surface area contributed by atoms with Crippen LogP contribution in [-0.2, 0) is 44.6 Å². The molecule has 83 heavy (non-hydrogen) atoms. The highest BCUT2D eigenvalue weighted by atomic mass is 16.5. The Bertz CT molecular complexity index is 4490. The summed E-state index contributed by atoms with van der Waals surface area (Å²) in [6.07, 6.45) is 23.5. The first-order valence-electron chi connectivity index (χ1n) is 25.9. The van der Waals surface area contributed by atoms with Crippen LogP contribution in [0.2, 0.25) is 0 Å². The minimum Gasteiger partial charge on any atom is -0.394 e. The Morgan fingerprint density at radius 2 is 1.31 bits per heavy atom. The fourth-order valence-electron chi connectivity index (χ4n) is 9.14. The van der Waals surface area contributed by atoms with Crippen molar-refractivity contribution in [3.05, 3.63) is 164 Å². The fourth-order valence-corrected chi connectivity index (χ4v) is 9.14. The van der Waals surface area contributed by atoms with E-state index in [4.69, 9.17) is 20.7 Å². The number of rotatable bonds is 16. The van der Waals surface area contributed by atoms with Crippen molar-refractivity contribution in [2.75, 3.05) is 31.4 Å². The van der Waals surface area contributed by atoms with Crippen molar-refractivity contribution in [3.8, 4) is 33.8 Å². The van der Waals surface area contributed by atoms with Crippen LogP contribution < -0.4 is 17.2 Å². The summed E-state index contributed by atoms with van der Waals surface area (Å²) >= 11 is 0. The van der Waals surface area contributed by atoms with Crippen LogP contribution in [0.15, 0.2) is 141 Å². The van der Waals surface area contributed by atoms with Gasteiger partial charge in [0.2, 0.25) is 11.3 Å². The normalized spacial score (nSPS) is 11.7. The number of nitrogens with zero attached hydrogens (tertiary/aromatic N) is 22. The average molecular weight is 1120 g/mol. The van der Waals surface area contributed by atoms with Crippen molar-refractivity contribution >= 4 is 56.3 Å². The molecule has 0 unspecified atom stereocenters. The number of nitrogen functional groups attached to an aromatic ring is 1. The first-order valence-corrected chi connectivity index (χ1v) is 25.9. The Balaban J connectivity index is 0.000000129. The number of fused-ring (bicyclic) bond motifs is 5. The lowest BCUT2D eigenvalue weighted by atomic mass is 10.1. The van der Waals surface area contributed by atoms with Gasteiger partial charge in [-0.25, -0.2) is 44.3 Å². The quantitative estimate of drug-likeness (QED) is 0.0743. The highest BCUT2D eigenvalue weighted by Gasteiger charge is 2.17. The van der Waals surface area contributed by atoms with Gasteiger partial charge < -0.3 is 41.0 Å². The monoisotopic (exact) mass is 1120 g/mol. The lowest BCUT2D eigenvalue weighted by molar-refractivity contribution is 0.181. The number of aliphatic hydroxyl groups is 2. The lowest BCUT2D eigenvalue weighted by Crippen LogP contribution is -2.12. The molecule has 0 fully saturated rings. The number of H-pyrrole nitrogens is 1. The van der Waals surface area contributed by atoms with Gasteiger partial charge in [-0.2, -0.15) is 20.4 Å². The summed E-state index contributed by atoms with van der Waals surface area (Å²) in [5, 5.41) is 58.7. The van der Waals surface area contributed by atoms with Crippen LogP contribution in [-0.4, -0.2) is 144 Å². The highest BCUT2D eigenvalue weighted by molar-refractivity contribution is 5.78. The Labute approximate surface area is 470 Å². The zero-order valence-corrected chi connectivity index (χ0v) is 45.2. The topological polar surface area (TPSA) is 365 Å². The zero-order chi connectivity index (χ0) is 56.1. The Kier molecular flexibility index (Phi) is 15.6. The highest BCUT2D eigenvalue weighted by Crippen LogP contribution is 2.27. The number of hydrogen-bond acceptors (Lipinski definition) is 21. The van der Waals surface area contributed by atoms with Gasteiger partial charge in [0.1, 0.15) is 0 Å². The molecular weight excluding hydrogens is 1060 g/mol. The van der Waals surface area contributed by atoms with E-state index in [0.717, 1.165) is 61.3 Å². The molecule has 0 radical (unpaired) electrons. The van der Waals surface area contributed by atoms with Crippen molar-refractivity contribution in [2.45, 2.75) is 45.8 Å². The molecule has 14 rings (SSSR count). The van der Waals surface area contributed by atoms with E-state index in [-0.39, 0.29) is 25.4 Å². The van der Waals surface area contributed by atoms with Crippen molar-refractivity contribution in [1.82, 2.24) is 119 Å². The lowest BCUT2D eigenvalue weighted by Gasteiger charge is -2.17. The molecule has 14 heterocycles. The van der Waals surface area contributed by atoms with Gasteiger partial charge >= 0.3 is 0 Å². The molecule has 0 aliphatic carbocycles. The number of anilines is 2. The summed E-state index contributed by atoms with van der Waals surface area (Å²) in [7, 11) is 3.56. The predicted octanol–water partition coefficient (Wildman–Crippen LogP) is 4.97. The fraction of sp³-hybridized carbons (Fsp3) is 0.204. The average Bonchev–Trinajstić information content (AvgIpc) is 4.56. The number of hydrogen-bond donors (Lipinski definition) is 6. The van der Waals surface area contributed by atoms with E-state index in [0.29, 0.717) is 84.0 Å². The van der Waals surface area contributed by atoms with Crippen LogP contribution in [0.1, 0.15) is 35.5 Å². The van der Waals surface area contributed by atoms with E-state index < -0.39 is 0 Å². The van der Waals surface area contributed by atoms with Crippen LogP contribution in [0.25, 0.3) is 78.4 Å². The van der Waals surface area contributed by atoms with Gasteiger partial charge in [-0.05, 0) is 66.6 Å². The van der Waals surface area contributed by atoms with E-state index in [9.17, 15) is 0 Å². The minimum absolute atomic E-state index is 0. The van der Waals surface area contributed by atoms with Crippen LogP contribution in [0, 0.1) is 0 Å².